The Hall–Kier alpha value is -0.640. The van der Waals surface area contributed by atoms with E-state index < -0.39 is 0 Å². The van der Waals surface area contributed by atoms with Gasteiger partial charge in [0.15, 0.2) is 0 Å². The molecule has 0 radical (unpaired) electrons. The fraction of sp³-hybridized carbons (Fsp3) is 0.444. The fourth-order valence-corrected chi connectivity index (χ4v) is 1.39. The summed E-state index contributed by atoms with van der Waals surface area (Å²) in [6.45, 7) is 0.677. The summed E-state index contributed by atoms with van der Waals surface area (Å²) in [5.41, 5.74) is 7.00. The molecule has 1 aromatic heterocycles. The van der Waals surface area contributed by atoms with Gasteiger partial charge in [0.05, 0.1) is 0 Å². The third-order valence-electron chi connectivity index (χ3n) is 1.71. The molecule has 3 nitrogen and oxygen atoms in total. The van der Waals surface area contributed by atoms with Crippen LogP contribution in [0.5, 0.6) is 0 Å². The fourth-order valence-electron chi connectivity index (χ4n) is 1.21. The lowest BCUT2D eigenvalue weighted by molar-refractivity contribution is 0.475. The van der Waals surface area contributed by atoms with Crippen molar-refractivity contribution in [2.45, 2.75) is 12.5 Å². The molecule has 0 aliphatic carbocycles. The monoisotopic (exact) mass is 199 g/mol. The standard InChI is InChI=1S/C9H14ClN3/c1-13(10)7-9(11)5-8-3-2-4-12-6-8/h2-4,6,9H,5,7,11H2,1H3. The Morgan fingerprint density at radius 1 is 1.69 bits per heavy atom. The molecule has 1 heterocycles. The van der Waals surface area contributed by atoms with Crippen molar-refractivity contribution in [1.29, 1.82) is 0 Å². The number of pyridine rings is 1. The van der Waals surface area contributed by atoms with E-state index in [0.29, 0.717) is 6.54 Å². The van der Waals surface area contributed by atoms with Crippen LogP contribution in [-0.4, -0.2) is 29.0 Å². The van der Waals surface area contributed by atoms with Crippen LogP contribution in [0.25, 0.3) is 0 Å². The summed E-state index contributed by atoms with van der Waals surface area (Å²) in [7, 11) is 1.80. The van der Waals surface area contributed by atoms with Crippen molar-refractivity contribution in [3.63, 3.8) is 0 Å². The molecule has 1 atom stereocenters. The number of likely N-dealkylation sites (N-methyl/N-ethyl adjacent to an activating group) is 1. The number of hydrogen-bond donors (Lipinski definition) is 1. The smallest absolute Gasteiger partial charge is 0.0300 e. The number of halogens is 1. The Balaban J connectivity index is 2.41. The first-order chi connectivity index (χ1) is 6.18. The molecule has 0 saturated heterocycles. The van der Waals surface area contributed by atoms with Gasteiger partial charge in [-0.25, -0.2) is 4.42 Å². The largest absolute Gasteiger partial charge is 0.326 e. The van der Waals surface area contributed by atoms with Crippen LogP contribution in [0, 0.1) is 0 Å². The SMILES string of the molecule is CN(Cl)CC(N)Cc1cccnc1. The molecule has 1 aromatic rings. The molecule has 4 heteroatoms. The molecule has 1 unspecified atom stereocenters. The Morgan fingerprint density at radius 3 is 3.00 bits per heavy atom. The van der Waals surface area contributed by atoms with Gasteiger partial charge in [0.2, 0.25) is 0 Å². The molecular weight excluding hydrogens is 186 g/mol. The van der Waals surface area contributed by atoms with Crippen molar-refractivity contribution in [2.75, 3.05) is 13.6 Å². The highest BCUT2D eigenvalue weighted by Gasteiger charge is 2.05. The molecule has 2 N–H and O–H groups in total. The van der Waals surface area contributed by atoms with Crippen molar-refractivity contribution in [3.05, 3.63) is 30.1 Å². The molecule has 0 bridgehead atoms. The topological polar surface area (TPSA) is 42.1 Å². The van der Waals surface area contributed by atoms with Gasteiger partial charge in [0.1, 0.15) is 0 Å². The molecular formula is C9H14ClN3. The number of rotatable bonds is 4. The van der Waals surface area contributed by atoms with E-state index in [1.165, 1.54) is 0 Å². The van der Waals surface area contributed by atoms with E-state index in [1.807, 2.05) is 18.3 Å². The van der Waals surface area contributed by atoms with Gasteiger partial charge in [-0.1, -0.05) is 6.07 Å². The van der Waals surface area contributed by atoms with Crippen LogP contribution in [0.3, 0.4) is 0 Å². The van der Waals surface area contributed by atoms with E-state index in [1.54, 1.807) is 17.7 Å². The zero-order valence-electron chi connectivity index (χ0n) is 7.65. The summed E-state index contributed by atoms with van der Waals surface area (Å²) in [6.07, 6.45) is 4.39. The summed E-state index contributed by atoms with van der Waals surface area (Å²) < 4.78 is 1.57. The van der Waals surface area contributed by atoms with Gasteiger partial charge in [0.25, 0.3) is 0 Å². The van der Waals surface area contributed by atoms with Gasteiger partial charge in [-0.3, -0.25) is 4.98 Å². The predicted molar refractivity (Wildman–Crippen MR) is 54.4 cm³/mol. The minimum atomic E-state index is 0.0618. The average molecular weight is 200 g/mol. The normalized spacial score (nSPS) is 13.2. The lowest BCUT2D eigenvalue weighted by atomic mass is 10.1. The molecule has 1 rings (SSSR count). The molecule has 0 aliphatic heterocycles. The first-order valence-corrected chi connectivity index (χ1v) is 4.53. The molecule has 72 valence electrons. The van der Waals surface area contributed by atoms with Crippen molar-refractivity contribution in [3.8, 4) is 0 Å². The van der Waals surface area contributed by atoms with Crippen molar-refractivity contribution in [2.24, 2.45) is 5.73 Å². The number of nitrogens with zero attached hydrogens (tertiary/aromatic N) is 2. The molecule has 0 amide bonds. The van der Waals surface area contributed by atoms with Crippen molar-refractivity contribution in [1.82, 2.24) is 9.40 Å². The van der Waals surface area contributed by atoms with Gasteiger partial charge < -0.3 is 5.73 Å². The number of nitrogens with two attached hydrogens (primary N) is 1. The molecule has 0 aromatic carbocycles. The van der Waals surface area contributed by atoms with Gasteiger partial charge in [-0.15, -0.1) is 0 Å². The summed E-state index contributed by atoms with van der Waals surface area (Å²) in [6, 6.07) is 3.99. The van der Waals surface area contributed by atoms with E-state index in [4.69, 9.17) is 17.5 Å². The van der Waals surface area contributed by atoms with Crippen LogP contribution < -0.4 is 5.73 Å². The predicted octanol–water partition coefficient (Wildman–Crippen LogP) is 1.04. The van der Waals surface area contributed by atoms with Crippen LogP contribution >= 0.6 is 11.8 Å². The van der Waals surface area contributed by atoms with Crippen LogP contribution in [0.15, 0.2) is 24.5 Å². The molecule has 0 fully saturated rings. The number of hydrogen-bond acceptors (Lipinski definition) is 3. The quantitative estimate of drug-likeness (QED) is 0.737. The van der Waals surface area contributed by atoms with Gasteiger partial charge in [0, 0.05) is 32.0 Å². The van der Waals surface area contributed by atoms with Crippen LogP contribution in [0.2, 0.25) is 0 Å². The molecule has 13 heavy (non-hydrogen) atoms. The lowest BCUT2D eigenvalue weighted by Crippen LogP contribution is -2.32. The summed E-state index contributed by atoms with van der Waals surface area (Å²) in [4.78, 5) is 4.01. The Kier molecular flexibility index (Phi) is 4.15. The first-order valence-electron chi connectivity index (χ1n) is 4.20. The van der Waals surface area contributed by atoms with Crippen LogP contribution in [-0.2, 0) is 6.42 Å². The molecule has 0 saturated carbocycles. The summed E-state index contributed by atoms with van der Waals surface area (Å²) in [5.74, 6) is 0. The van der Waals surface area contributed by atoms with E-state index in [2.05, 4.69) is 4.98 Å². The van der Waals surface area contributed by atoms with E-state index >= 15 is 0 Å². The maximum atomic E-state index is 5.85. The lowest BCUT2D eigenvalue weighted by Gasteiger charge is -2.14. The Morgan fingerprint density at radius 2 is 2.46 bits per heavy atom. The molecule has 0 aliphatic rings. The third kappa shape index (κ3) is 4.22. The highest BCUT2D eigenvalue weighted by Crippen LogP contribution is 2.01. The van der Waals surface area contributed by atoms with Gasteiger partial charge >= 0.3 is 0 Å². The second-order valence-corrected chi connectivity index (χ2v) is 3.69. The minimum absolute atomic E-state index is 0.0618. The maximum absolute atomic E-state index is 5.85. The highest BCUT2D eigenvalue weighted by atomic mass is 35.5. The first kappa shape index (κ1) is 10.4. The van der Waals surface area contributed by atoms with Crippen molar-refractivity contribution < 1.29 is 0 Å². The second kappa shape index (κ2) is 5.17. The van der Waals surface area contributed by atoms with Crippen LogP contribution in [0.1, 0.15) is 5.56 Å². The number of aromatic nitrogens is 1. The van der Waals surface area contributed by atoms with E-state index in [9.17, 15) is 0 Å². The molecule has 0 spiro atoms. The minimum Gasteiger partial charge on any atom is -0.326 e. The third-order valence-corrected chi connectivity index (χ3v) is 1.84. The zero-order chi connectivity index (χ0) is 9.68. The Labute approximate surface area is 83.6 Å². The van der Waals surface area contributed by atoms with Crippen molar-refractivity contribution >= 4 is 11.8 Å². The van der Waals surface area contributed by atoms with E-state index in [-0.39, 0.29) is 6.04 Å². The average Bonchev–Trinajstić information content (AvgIpc) is 2.04. The van der Waals surface area contributed by atoms with Gasteiger partial charge in [-0.05, 0) is 29.8 Å². The van der Waals surface area contributed by atoms with Gasteiger partial charge in [-0.2, -0.15) is 0 Å². The summed E-state index contributed by atoms with van der Waals surface area (Å²) in [5, 5.41) is 0. The Bertz CT molecular complexity index is 238. The zero-order valence-corrected chi connectivity index (χ0v) is 8.41. The highest BCUT2D eigenvalue weighted by molar-refractivity contribution is 6.13. The van der Waals surface area contributed by atoms with E-state index in [0.717, 1.165) is 12.0 Å². The second-order valence-electron chi connectivity index (χ2n) is 3.11. The summed E-state index contributed by atoms with van der Waals surface area (Å²) >= 11 is 5.68. The van der Waals surface area contributed by atoms with Crippen LogP contribution in [0.4, 0.5) is 0 Å². The maximum Gasteiger partial charge on any atom is 0.0300 e.